The Kier molecular flexibility index (Phi) is 7.98. The SMILES string of the molecule is O=C(NCCCS(=O)(=O)[O-])c1ccccc1.[Ca+2]. The summed E-state index contributed by atoms with van der Waals surface area (Å²) >= 11 is 0. The second-order valence-corrected chi connectivity index (χ2v) is 4.76. The normalized spacial score (nSPS) is 10.4. The summed E-state index contributed by atoms with van der Waals surface area (Å²) in [5.74, 6) is -0.730. The minimum atomic E-state index is -4.19. The van der Waals surface area contributed by atoms with Crippen LogP contribution in [0.15, 0.2) is 30.3 Å². The van der Waals surface area contributed by atoms with E-state index in [0.717, 1.165) is 0 Å². The number of amides is 1. The molecule has 0 spiro atoms. The zero-order valence-corrected chi connectivity index (χ0v) is 12.3. The van der Waals surface area contributed by atoms with Gasteiger partial charge in [-0.25, -0.2) is 8.42 Å². The number of benzene rings is 1. The van der Waals surface area contributed by atoms with Crippen LogP contribution in [0.1, 0.15) is 16.8 Å². The summed E-state index contributed by atoms with van der Waals surface area (Å²) in [5.41, 5.74) is 0.507. The molecule has 0 fully saturated rings. The van der Waals surface area contributed by atoms with Crippen LogP contribution in [0.25, 0.3) is 0 Å². The van der Waals surface area contributed by atoms with Crippen molar-refractivity contribution in [1.29, 1.82) is 0 Å². The molecule has 17 heavy (non-hydrogen) atoms. The minimum Gasteiger partial charge on any atom is -0.748 e. The maximum atomic E-state index is 11.4. The summed E-state index contributed by atoms with van der Waals surface area (Å²) in [6.07, 6.45) is 0.129. The molecule has 0 saturated carbocycles. The van der Waals surface area contributed by atoms with Gasteiger partial charge in [-0.05, 0) is 18.6 Å². The van der Waals surface area contributed by atoms with Gasteiger partial charge in [-0.15, -0.1) is 0 Å². The van der Waals surface area contributed by atoms with Crippen molar-refractivity contribution in [3.05, 3.63) is 35.9 Å². The van der Waals surface area contributed by atoms with Crippen molar-refractivity contribution in [1.82, 2.24) is 5.32 Å². The molecule has 7 heteroatoms. The van der Waals surface area contributed by atoms with E-state index in [2.05, 4.69) is 5.32 Å². The Morgan fingerprint density at radius 3 is 2.35 bits per heavy atom. The topological polar surface area (TPSA) is 86.3 Å². The maximum absolute atomic E-state index is 11.4. The van der Waals surface area contributed by atoms with Crippen molar-refractivity contribution < 1.29 is 17.8 Å². The van der Waals surface area contributed by atoms with Crippen molar-refractivity contribution in [2.24, 2.45) is 0 Å². The molecule has 0 aromatic heterocycles. The van der Waals surface area contributed by atoms with Crippen LogP contribution in [0.2, 0.25) is 0 Å². The number of nitrogens with one attached hydrogen (secondary N) is 1. The Morgan fingerprint density at radius 2 is 1.82 bits per heavy atom. The summed E-state index contributed by atoms with van der Waals surface area (Å²) in [6.45, 7) is 0.176. The van der Waals surface area contributed by atoms with E-state index in [4.69, 9.17) is 0 Å². The van der Waals surface area contributed by atoms with Crippen LogP contribution >= 0.6 is 0 Å². The average Bonchev–Trinajstić information content (AvgIpc) is 2.24. The molecule has 0 aliphatic carbocycles. The standard InChI is InChI=1S/C10H13NO4S.Ca/c12-10(9-5-2-1-3-6-9)11-7-4-8-16(13,14)15;/h1-3,5-6H,4,7-8H2,(H,11,12)(H,13,14,15);/q;+2/p-1. The first-order chi connectivity index (χ1) is 7.49. The maximum Gasteiger partial charge on any atom is 2.00 e. The van der Waals surface area contributed by atoms with Gasteiger partial charge in [0.25, 0.3) is 5.91 Å². The molecule has 1 rings (SSSR count). The predicted molar refractivity (Wildman–Crippen MR) is 63.7 cm³/mol. The van der Waals surface area contributed by atoms with Gasteiger partial charge in [-0.1, -0.05) is 18.2 Å². The largest absolute Gasteiger partial charge is 2.00 e. The Bertz CT molecular complexity index is 447. The zero-order valence-electron chi connectivity index (χ0n) is 9.26. The number of carbonyl (C=O) groups excluding carboxylic acids is 1. The van der Waals surface area contributed by atoms with Gasteiger partial charge in [0.05, 0.1) is 10.1 Å². The van der Waals surface area contributed by atoms with Crippen LogP contribution in [0.5, 0.6) is 0 Å². The van der Waals surface area contributed by atoms with Crippen LogP contribution in [0, 0.1) is 0 Å². The van der Waals surface area contributed by atoms with Gasteiger partial charge in [0.2, 0.25) is 0 Å². The molecule has 1 N–H and O–H groups in total. The van der Waals surface area contributed by atoms with Gasteiger partial charge in [-0.3, -0.25) is 4.79 Å². The molecule has 0 aliphatic heterocycles. The summed E-state index contributed by atoms with van der Waals surface area (Å²) in [4.78, 5) is 11.4. The molecule has 0 atom stereocenters. The molecule has 1 aromatic rings. The molecular weight excluding hydrogens is 270 g/mol. The van der Waals surface area contributed by atoms with Gasteiger partial charge >= 0.3 is 37.7 Å². The third-order valence-electron chi connectivity index (χ3n) is 1.89. The first kappa shape index (κ1) is 16.9. The second kappa shape index (κ2) is 8.05. The van der Waals surface area contributed by atoms with Crippen LogP contribution in [-0.2, 0) is 10.1 Å². The Morgan fingerprint density at radius 1 is 1.24 bits per heavy atom. The fraction of sp³-hybridized carbons (Fsp3) is 0.300. The summed E-state index contributed by atoms with van der Waals surface area (Å²) in [6, 6.07) is 8.56. The smallest absolute Gasteiger partial charge is 0.748 e. The van der Waals surface area contributed by atoms with Gasteiger partial charge in [0.1, 0.15) is 0 Å². The molecular formula is C10H12CaNO4S+. The van der Waals surface area contributed by atoms with Crippen molar-refractivity contribution in [3.8, 4) is 0 Å². The van der Waals surface area contributed by atoms with Gasteiger partial charge < -0.3 is 9.87 Å². The van der Waals surface area contributed by atoms with Gasteiger partial charge in [-0.2, -0.15) is 0 Å². The summed E-state index contributed by atoms with van der Waals surface area (Å²) in [7, 11) is -4.19. The van der Waals surface area contributed by atoms with Crippen LogP contribution in [0.3, 0.4) is 0 Å². The van der Waals surface area contributed by atoms with Crippen LogP contribution in [-0.4, -0.2) is 68.9 Å². The molecule has 0 bridgehead atoms. The van der Waals surface area contributed by atoms with Crippen molar-refractivity contribution in [2.45, 2.75) is 6.42 Å². The average molecular weight is 282 g/mol. The molecule has 0 heterocycles. The Hall–Kier alpha value is -0.140. The third kappa shape index (κ3) is 7.72. The fourth-order valence-electron chi connectivity index (χ4n) is 1.14. The van der Waals surface area contributed by atoms with E-state index in [9.17, 15) is 17.8 Å². The monoisotopic (exact) mass is 282 g/mol. The van der Waals surface area contributed by atoms with E-state index in [0.29, 0.717) is 5.56 Å². The second-order valence-electron chi connectivity index (χ2n) is 3.24. The van der Waals surface area contributed by atoms with E-state index in [-0.39, 0.29) is 56.6 Å². The quantitative estimate of drug-likeness (QED) is 0.467. The van der Waals surface area contributed by atoms with E-state index in [1.54, 1.807) is 30.3 Å². The van der Waals surface area contributed by atoms with Crippen molar-refractivity contribution in [2.75, 3.05) is 12.3 Å². The molecule has 0 unspecified atom stereocenters. The molecule has 1 aromatic carbocycles. The van der Waals surface area contributed by atoms with E-state index in [1.165, 1.54) is 0 Å². The Balaban J connectivity index is 0.00000256. The first-order valence-corrected chi connectivity index (χ1v) is 6.33. The molecule has 0 radical (unpaired) electrons. The predicted octanol–water partition coefficient (Wildman–Crippen LogP) is -0.0291. The number of rotatable bonds is 5. The summed E-state index contributed by atoms with van der Waals surface area (Å²) < 4.78 is 30.8. The summed E-state index contributed by atoms with van der Waals surface area (Å²) in [5, 5.41) is 2.53. The van der Waals surface area contributed by atoms with Crippen molar-refractivity contribution >= 4 is 53.8 Å². The van der Waals surface area contributed by atoms with E-state index >= 15 is 0 Å². The molecule has 1 amide bonds. The fourth-order valence-corrected chi connectivity index (χ4v) is 1.64. The van der Waals surface area contributed by atoms with E-state index < -0.39 is 15.9 Å². The number of carbonyl (C=O) groups is 1. The first-order valence-electron chi connectivity index (χ1n) is 4.76. The number of hydrogen-bond donors (Lipinski definition) is 1. The molecule has 88 valence electrons. The van der Waals surface area contributed by atoms with Gasteiger partial charge in [0, 0.05) is 17.9 Å². The van der Waals surface area contributed by atoms with Gasteiger partial charge in [0.15, 0.2) is 0 Å². The van der Waals surface area contributed by atoms with Crippen LogP contribution in [0.4, 0.5) is 0 Å². The van der Waals surface area contributed by atoms with E-state index in [1.807, 2.05) is 0 Å². The molecule has 5 nitrogen and oxygen atoms in total. The molecule has 0 saturated heterocycles. The third-order valence-corrected chi connectivity index (χ3v) is 2.68. The number of hydrogen-bond acceptors (Lipinski definition) is 4. The minimum absolute atomic E-state index is 0. The van der Waals surface area contributed by atoms with Crippen LogP contribution < -0.4 is 5.32 Å². The van der Waals surface area contributed by atoms with Crippen molar-refractivity contribution in [3.63, 3.8) is 0 Å². The molecule has 0 aliphatic rings. The zero-order chi connectivity index (χ0) is 12.0. The Labute approximate surface area is 130 Å².